The third kappa shape index (κ3) is 6.92. The van der Waals surface area contributed by atoms with E-state index in [2.05, 4.69) is 36.3 Å². The minimum Gasteiger partial charge on any atom is -0.481 e. The molecule has 0 radical (unpaired) electrons. The van der Waals surface area contributed by atoms with Crippen LogP contribution in [0.2, 0.25) is 0 Å². The lowest BCUT2D eigenvalue weighted by Crippen LogP contribution is -2.53. The van der Waals surface area contributed by atoms with Crippen LogP contribution in [-0.2, 0) is 14.4 Å². The van der Waals surface area contributed by atoms with Crippen molar-refractivity contribution >= 4 is 29.1 Å². The number of aliphatic carboxylic acids is 1. The van der Waals surface area contributed by atoms with Crippen LogP contribution in [-0.4, -0.2) is 45.4 Å². The van der Waals surface area contributed by atoms with E-state index in [0.29, 0.717) is 25.8 Å². The van der Waals surface area contributed by atoms with Gasteiger partial charge in [-0.15, -0.1) is 11.3 Å². The number of piperidine rings is 1. The van der Waals surface area contributed by atoms with E-state index < -0.39 is 18.1 Å². The number of nitrogens with one attached hydrogen (secondary N) is 1. The molecule has 1 unspecified atom stereocenters. The molecular formula is C31H37N3O4S. The molecule has 2 aromatic heterocycles. The van der Waals surface area contributed by atoms with E-state index in [1.165, 1.54) is 0 Å². The number of thiophene rings is 1. The highest BCUT2D eigenvalue weighted by Gasteiger charge is 2.37. The van der Waals surface area contributed by atoms with Crippen molar-refractivity contribution < 1.29 is 19.5 Å². The fourth-order valence-electron chi connectivity index (χ4n) is 5.42. The quantitative estimate of drug-likeness (QED) is 0.330. The van der Waals surface area contributed by atoms with E-state index in [9.17, 15) is 19.5 Å². The first-order valence-corrected chi connectivity index (χ1v) is 14.4. The second-order valence-corrected chi connectivity index (χ2v) is 11.8. The summed E-state index contributed by atoms with van der Waals surface area (Å²) in [6, 6.07) is 12.5. The average Bonchev–Trinajstić information content (AvgIpc) is 3.37. The van der Waals surface area contributed by atoms with Crippen LogP contribution in [0.3, 0.4) is 0 Å². The van der Waals surface area contributed by atoms with E-state index in [1.807, 2.05) is 49.6 Å². The molecule has 1 aliphatic rings. The normalized spacial score (nSPS) is 17.2. The number of rotatable bonds is 10. The summed E-state index contributed by atoms with van der Waals surface area (Å²) in [6.07, 6.45) is 3.04. The maximum atomic E-state index is 13.8. The molecule has 1 aliphatic heterocycles. The Morgan fingerprint density at radius 2 is 1.90 bits per heavy atom. The van der Waals surface area contributed by atoms with Gasteiger partial charge in [0.15, 0.2) is 0 Å². The molecule has 0 bridgehead atoms. The van der Waals surface area contributed by atoms with Gasteiger partial charge in [-0.2, -0.15) is 0 Å². The first-order chi connectivity index (χ1) is 18.6. The van der Waals surface area contributed by atoms with Gasteiger partial charge < -0.3 is 15.3 Å². The molecular weight excluding hydrogens is 510 g/mol. The Bertz CT molecular complexity index is 1300. The SMILES string of the molecule is Cc1cccc(C)c1-c1cc([C@@H](CC(=O)O)NC(=O)[C@@H](CC(C)C)N2CC(c3ccccn3)CCC2=O)cs1. The second kappa shape index (κ2) is 12.6. The van der Waals surface area contributed by atoms with Gasteiger partial charge in [-0.3, -0.25) is 19.4 Å². The van der Waals surface area contributed by atoms with Gasteiger partial charge in [-0.25, -0.2) is 0 Å². The summed E-state index contributed by atoms with van der Waals surface area (Å²) in [7, 11) is 0. The highest BCUT2D eigenvalue weighted by molar-refractivity contribution is 7.13. The maximum absolute atomic E-state index is 13.8. The Kier molecular flexibility index (Phi) is 9.17. The molecule has 3 atom stereocenters. The lowest BCUT2D eigenvalue weighted by Gasteiger charge is -2.38. The number of likely N-dealkylation sites (tertiary alicyclic amines) is 1. The number of aryl methyl sites for hydroxylation is 2. The van der Waals surface area contributed by atoms with Crippen molar-refractivity contribution in [2.45, 2.75) is 71.4 Å². The molecule has 39 heavy (non-hydrogen) atoms. The Labute approximate surface area is 234 Å². The summed E-state index contributed by atoms with van der Waals surface area (Å²) in [6.45, 7) is 8.58. The van der Waals surface area contributed by atoms with Crippen LogP contribution in [0.15, 0.2) is 54.0 Å². The van der Waals surface area contributed by atoms with Gasteiger partial charge in [0.05, 0.1) is 12.5 Å². The summed E-state index contributed by atoms with van der Waals surface area (Å²) >= 11 is 1.54. The number of hydrogen-bond donors (Lipinski definition) is 2. The number of amides is 2. The number of carboxylic acid groups (broad SMARTS) is 1. The van der Waals surface area contributed by atoms with Crippen molar-refractivity contribution in [1.29, 1.82) is 0 Å². The second-order valence-electron chi connectivity index (χ2n) is 10.9. The van der Waals surface area contributed by atoms with Crippen molar-refractivity contribution in [2.75, 3.05) is 6.54 Å². The molecule has 1 fully saturated rings. The molecule has 2 amide bonds. The fourth-order valence-corrected chi connectivity index (χ4v) is 6.56. The lowest BCUT2D eigenvalue weighted by molar-refractivity contribution is -0.144. The standard InChI is InChI=1S/C31H37N3O4S/c1-19(2)14-26(34-17-22(11-12-28(34)35)24-10-5-6-13-32-24)31(38)33-25(16-29(36)37)23-15-27(39-18-23)30-20(3)8-7-9-21(30)4/h5-10,13,15,18-19,22,25-26H,11-12,14,16-17H2,1-4H3,(H,33,38)(H,36,37)/t22?,25-,26-/m1/s1. The van der Waals surface area contributed by atoms with Crippen LogP contribution in [0.25, 0.3) is 10.4 Å². The smallest absolute Gasteiger partial charge is 0.305 e. The van der Waals surface area contributed by atoms with Gasteiger partial charge in [0, 0.05) is 35.7 Å². The predicted octanol–water partition coefficient (Wildman–Crippen LogP) is 5.88. The Hall–Kier alpha value is -3.52. The molecule has 3 aromatic rings. The summed E-state index contributed by atoms with van der Waals surface area (Å²) in [4.78, 5) is 45.9. The Balaban J connectivity index is 1.59. The lowest BCUT2D eigenvalue weighted by atomic mass is 9.90. The molecule has 1 saturated heterocycles. The minimum atomic E-state index is -0.996. The molecule has 206 valence electrons. The zero-order valence-corrected chi connectivity index (χ0v) is 23.8. The molecule has 2 N–H and O–H groups in total. The van der Waals surface area contributed by atoms with E-state index in [0.717, 1.165) is 32.8 Å². The molecule has 4 rings (SSSR count). The number of benzene rings is 1. The van der Waals surface area contributed by atoms with Crippen molar-refractivity contribution in [1.82, 2.24) is 15.2 Å². The van der Waals surface area contributed by atoms with Crippen LogP contribution in [0, 0.1) is 19.8 Å². The summed E-state index contributed by atoms with van der Waals surface area (Å²) in [5, 5.41) is 14.6. The monoisotopic (exact) mass is 547 g/mol. The van der Waals surface area contributed by atoms with E-state index in [1.54, 1.807) is 22.4 Å². The topological polar surface area (TPSA) is 99.6 Å². The number of carbonyl (C=O) groups excluding carboxylic acids is 2. The van der Waals surface area contributed by atoms with E-state index in [4.69, 9.17) is 0 Å². The molecule has 0 aliphatic carbocycles. The van der Waals surface area contributed by atoms with Gasteiger partial charge in [-0.1, -0.05) is 38.1 Å². The van der Waals surface area contributed by atoms with Crippen molar-refractivity contribution in [2.24, 2.45) is 5.92 Å². The van der Waals surface area contributed by atoms with Gasteiger partial charge in [0.25, 0.3) is 0 Å². The van der Waals surface area contributed by atoms with Crippen LogP contribution >= 0.6 is 11.3 Å². The number of hydrogen-bond acceptors (Lipinski definition) is 5. The van der Waals surface area contributed by atoms with Crippen molar-refractivity contribution in [3.63, 3.8) is 0 Å². The average molecular weight is 548 g/mol. The largest absolute Gasteiger partial charge is 0.481 e. The van der Waals surface area contributed by atoms with Gasteiger partial charge >= 0.3 is 5.97 Å². The zero-order chi connectivity index (χ0) is 28.1. The zero-order valence-electron chi connectivity index (χ0n) is 23.0. The van der Waals surface area contributed by atoms with Crippen molar-refractivity contribution in [3.8, 4) is 10.4 Å². The van der Waals surface area contributed by atoms with Gasteiger partial charge in [0.2, 0.25) is 11.8 Å². The number of carbonyl (C=O) groups is 3. The summed E-state index contributed by atoms with van der Waals surface area (Å²) in [5.41, 5.74) is 5.09. The van der Waals surface area contributed by atoms with E-state index >= 15 is 0 Å². The predicted molar refractivity (Wildman–Crippen MR) is 154 cm³/mol. The van der Waals surface area contributed by atoms with Crippen molar-refractivity contribution in [3.05, 3.63) is 76.4 Å². The number of pyridine rings is 1. The molecule has 0 saturated carbocycles. The Morgan fingerprint density at radius 1 is 1.15 bits per heavy atom. The molecule has 1 aromatic carbocycles. The number of nitrogens with zero attached hydrogens (tertiary/aromatic N) is 2. The third-order valence-corrected chi connectivity index (χ3v) is 8.33. The highest BCUT2D eigenvalue weighted by Crippen LogP contribution is 2.35. The molecule has 0 spiro atoms. The number of aromatic nitrogens is 1. The summed E-state index contributed by atoms with van der Waals surface area (Å²) < 4.78 is 0. The first kappa shape index (κ1) is 28.5. The van der Waals surface area contributed by atoms with Gasteiger partial charge in [-0.05, 0) is 78.4 Å². The molecule has 3 heterocycles. The third-order valence-electron chi connectivity index (χ3n) is 7.37. The van der Waals surface area contributed by atoms with E-state index in [-0.39, 0.29) is 30.1 Å². The van der Waals surface area contributed by atoms with Crippen LogP contribution < -0.4 is 5.32 Å². The fraction of sp³-hybridized carbons (Fsp3) is 0.419. The van der Waals surface area contributed by atoms with Crippen LogP contribution in [0.5, 0.6) is 0 Å². The first-order valence-electron chi connectivity index (χ1n) is 13.5. The molecule has 7 nitrogen and oxygen atoms in total. The maximum Gasteiger partial charge on any atom is 0.305 e. The Morgan fingerprint density at radius 3 is 2.54 bits per heavy atom. The van der Waals surface area contributed by atoms with Crippen LogP contribution in [0.1, 0.15) is 73.9 Å². The minimum absolute atomic E-state index is 0.0504. The van der Waals surface area contributed by atoms with Crippen LogP contribution in [0.4, 0.5) is 0 Å². The molecule has 8 heteroatoms. The van der Waals surface area contributed by atoms with Gasteiger partial charge in [0.1, 0.15) is 6.04 Å². The number of carboxylic acids is 1. The summed E-state index contributed by atoms with van der Waals surface area (Å²) in [5.74, 6) is -1.14. The highest BCUT2D eigenvalue weighted by atomic mass is 32.1.